The van der Waals surface area contributed by atoms with Crippen molar-refractivity contribution in [2.24, 2.45) is 0 Å². The van der Waals surface area contributed by atoms with Crippen LogP contribution >= 0.6 is 0 Å². The molecule has 16 heavy (non-hydrogen) atoms. The number of halogens is 1. The van der Waals surface area contributed by atoms with Gasteiger partial charge in [-0.1, -0.05) is 0 Å². The lowest BCUT2D eigenvalue weighted by atomic mass is 10.3. The molecule has 0 bridgehead atoms. The minimum atomic E-state index is -0.841. The Labute approximate surface area is 91.0 Å². The minimum absolute atomic E-state index is 0.0857. The van der Waals surface area contributed by atoms with Gasteiger partial charge in [0.15, 0.2) is 5.82 Å². The lowest BCUT2D eigenvalue weighted by Crippen LogP contribution is -2.16. The van der Waals surface area contributed by atoms with Gasteiger partial charge in [-0.15, -0.1) is 0 Å². The van der Waals surface area contributed by atoms with Crippen molar-refractivity contribution in [2.75, 3.05) is 0 Å². The Morgan fingerprint density at radius 3 is 2.94 bits per heavy atom. The fourth-order valence-corrected chi connectivity index (χ4v) is 1.46. The van der Waals surface area contributed by atoms with E-state index in [4.69, 9.17) is 0 Å². The van der Waals surface area contributed by atoms with E-state index >= 15 is 0 Å². The van der Waals surface area contributed by atoms with E-state index in [-0.39, 0.29) is 5.69 Å². The van der Waals surface area contributed by atoms with Crippen LogP contribution in [0.1, 0.15) is 12.6 Å². The fourth-order valence-electron chi connectivity index (χ4n) is 1.46. The Morgan fingerprint density at radius 2 is 2.31 bits per heavy atom. The van der Waals surface area contributed by atoms with Crippen molar-refractivity contribution >= 4 is 0 Å². The highest BCUT2D eigenvalue weighted by Gasteiger charge is 2.11. The number of hydrogen-bond donors (Lipinski definition) is 1. The first kappa shape index (κ1) is 10.5. The van der Waals surface area contributed by atoms with Crippen LogP contribution in [0.3, 0.4) is 0 Å². The van der Waals surface area contributed by atoms with Crippen LogP contribution < -0.4 is 5.56 Å². The molecule has 0 radical (unpaired) electrons. The van der Waals surface area contributed by atoms with E-state index in [2.05, 4.69) is 15.0 Å². The average molecular weight is 222 g/mol. The van der Waals surface area contributed by atoms with Crippen LogP contribution in [-0.4, -0.2) is 19.5 Å². The number of hydrogen-bond acceptors (Lipinski definition) is 3. The molecule has 0 spiro atoms. The molecule has 2 rings (SSSR count). The number of nitrogens with one attached hydrogen (secondary N) is 1. The van der Waals surface area contributed by atoms with Crippen molar-refractivity contribution in [1.82, 2.24) is 19.5 Å². The molecule has 84 valence electrons. The molecule has 0 amide bonds. The van der Waals surface area contributed by atoms with Crippen LogP contribution in [0.2, 0.25) is 0 Å². The summed E-state index contributed by atoms with van der Waals surface area (Å²) in [4.78, 5) is 21.6. The zero-order valence-electron chi connectivity index (χ0n) is 8.99. The van der Waals surface area contributed by atoms with Gasteiger partial charge >= 0.3 is 0 Å². The van der Waals surface area contributed by atoms with E-state index in [0.717, 1.165) is 0 Å². The maximum atomic E-state index is 13.1. The van der Waals surface area contributed by atoms with E-state index in [0.29, 0.717) is 18.1 Å². The largest absolute Gasteiger partial charge is 0.328 e. The number of aromatic nitrogens is 4. The third-order valence-corrected chi connectivity index (χ3v) is 2.32. The summed E-state index contributed by atoms with van der Waals surface area (Å²) in [5.41, 5.74) is -0.00310. The third-order valence-electron chi connectivity index (χ3n) is 2.32. The number of nitrogens with zero attached hydrogens (tertiary/aromatic N) is 3. The van der Waals surface area contributed by atoms with Gasteiger partial charge < -0.3 is 9.55 Å². The van der Waals surface area contributed by atoms with Gasteiger partial charge in [-0.25, -0.2) is 9.97 Å². The smallest absolute Gasteiger partial charge is 0.287 e. The van der Waals surface area contributed by atoms with Crippen molar-refractivity contribution in [3.8, 4) is 11.5 Å². The summed E-state index contributed by atoms with van der Waals surface area (Å²) in [6.45, 7) is 4.11. The highest BCUT2D eigenvalue weighted by atomic mass is 19.1. The van der Waals surface area contributed by atoms with Gasteiger partial charge in [-0.2, -0.15) is 4.39 Å². The molecule has 0 saturated heterocycles. The molecule has 2 aromatic heterocycles. The molecule has 2 heterocycles. The van der Waals surface area contributed by atoms with Crippen molar-refractivity contribution in [2.45, 2.75) is 20.4 Å². The number of H-pyrrole nitrogens is 1. The van der Waals surface area contributed by atoms with Gasteiger partial charge in [-0.05, 0) is 13.8 Å². The summed E-state index contributed by atoms with van der Waals surface area (Å²) < 4.78 is 14.9. The van der Waals surface area contributed by atoms with Crippen LogP contribution in [0.25, 0.3) is 11.5 Å². The van der Waals surface area contributed by atoms with Gasteiger partial charge in [0.25, 0.3) is 5.56 Å². The van der Waals surface area contributed by atoms with E-state index < -0.39 is 11.4 Å². The first-order valence-electron chi connectivity index (χ1n) is 4.90. The van der Waals surface area contributed by atoms with Gasteiger partial charge in [0.05, 0.1) is 18.2 Å². The standard InChI is InChI=1S/C10H11FN4O/c1-3-15-5-12-4-7(15)9-13-6(2)8(11)10(16)14-9/h4-5H,3H2,1-2H3,(H,13,14,16). The SMILES string of the molecule is CCn1cncc1-c1nc(C)c(F)c(=O)[nH]1. The Balaban J connectivity index is 2.61. The first-order chi connectivity index (χ1) is 7.63. The quantitative estimate of drug-likeness (QED) is 0.827. The molecule has 0 aliphatic carbocycles. The van der Waals surface area contributed by atoms with Crippen LogP contribution in [0.5, 0.6) is 0 Å². The van der Waals surface area contributed by atoms with E-state index in [9.17, 15) is 9.18 Å². The summed E-state index contributed by atoms with van der Waals surface area (Å²) in [6, 6.07) is 0. The Hall–Kier alpha value is -1.98. The van der Waals surface area contributed by atoms with Crippen LogP contribution in [0, 0.1) is 12.7 Å². The summed E-state index contributed by atoms with van der Waals surface area (Å²) in [5.74, 6) is -0.505. The lowest BCUT2D eigenvalue weighted by molar-refractivity contribution is 0.588. The second-order valence-corrected chi connectivity index (χ2v) is 3.38. The normalized spacial score (nSPS) is 10.7. The molecule has 0 fully saturated rings. The van der Waals surface area contributed by atoms with Gasteiger partial charge in [0.1, 0.15) is 5.69 Å². The third kappa shape index (κ3) is 1.62. The molecule has 0 saturated carbocycles. The fraction of sp³-hybridized carbons (Fsp3) is 0.300. The molecule has 0 unspecified atom stereocenters. The zero-order valence-corrected chi connectivity index (χ0v) is 8.99. The van der Waals surface area contributed by atoms with Gasteiger partial charge in [0, 0.05) is 6.54 Å². The summed E-state index contributed by atoms with van der Waals surface area (Å²) >= 11 is 0. The zero-order chi connectivity index (χ0) is 11.7. The number of aryl methyl sites for hydroxylation is 2. The number of aromatic amines is 1. The predicted octanol–water partition coefficient (Wildman–Crippen LogP) is 1.10. The predicted molar refractivity (Wildman–Crippen MR) is 56.4 cm³/mol. The lowest BCUT2D eigenvalue weighted by Gasteiger charge is -2.05. The summed E-state index contributed by atoms with van der Waals surface area (Å²) in [5, 5.41) is 0. The first-order valence-corrected chi connectivity index (χ1v) is 4.90. The number of rotatable bonds is 2. The Kier molecular flexibility index (Phi) is 2.55. The summed E-state index contributed by atoms with van der Waals surface area (Å²) in [6.07, 6.45) is 3.22. The molecule has 6 heteroatoms. The maximum absolute atomic E-state index is 13.1. The Morgan fingerprint density at radius 1 is 1.56 bits per heavy atom. The maximum Gasteiger partial charge on any atom is 0.287 e. The monoisotopic (exact) mass is 222 g/mol. The van der Waals surface area contributed by atoms with Crippen molar-refractivity contribution in [1.29, 1.82) is 0 Å². The number of imidazole rings is 1. The van der Waals surface area contributed by atoms with E-state index in [1.54, 1.807) is 12.5 Å². The molecular formula is C10H11FN4O. The Bertz CT molecular complexity index is 572. The van der Waals surface area contributed by atoms with Crippen molar-refractivity contribution < 1.29 is 4.39 Å². The summed E-state index contributed by atoms with van der Waals surface area (Å²) in [7, 11) is 0. The molecule has 2 aromatic rings. The topological polar surface area (TPSA) is 63.6 Å². The molecule has 0 aromatic carbocycles. The highest BCUT2D eigenvalue weighted by Crippen LogP contribution is 2.13. The highest BCUT2D eigenvalue weighted by molar-refractivity contribution is 5.48. The molecule has 0 aliphatic heterocycles. The van der Waals surface area contributed by atoms with E-state index in [1.807, 2.05) is 11.5 Å². The van der Waals surface area contributed by atoms with Crippen LogP contribution in [-0.2, 0) is 6.54 Å². The van der Waals surface area contributed by atoms with Crippen molar-refractivity contribution in [3.63, 3.8) is 0 Å². The van der Waals surface area contributed by atoms with Gasteiger partial charge in [0.2, 0.25) is 5.82 Å². The second kappa shape index (κ2) is 3.88. The van der Waals surface area contributed by atoms with E-state index in [1.165, 1.54) is 6.92 Å². The molecule has 5 nitrogen and oxygen atoms in total. The van der Waals surface area contributed by atoms with Gasteiger partial charge in [-0.3, -0.25) is 4.79 Å². The van der Waals surface area contributed by atoms with Crippen LogP contribution in [0.4, 0.5) is 4.39 Å². The molecular weight excluding hydrogens is 211 g/mol. The second-order valence-electron chi connectivity index (χ2n) is 3.38. The average Bonchev–Trinajstić information content (AvgIpc) is 2.73. The molecule has 0 aliphatic rings. The van der Waals surface area contributed by atoms with Crippen LogP contribution in [0.15, 0.2) is 17.3 Å². The molecule has 1 N–H and O–H groups in total. The minimum Gasteiger partial charge on any atom is -0.328 e. The van der Waals surface area contributed by atoms with Crippen molar-refractivity contribution in [3.05, 3.63) is 34.4 Å². The molecule has 0 atom stereocenters.